The standard InChI is InChI=1S/C13H14ClN3/c1-9-3-4-11(14)5-12(9)13(15-2)10-6-16-8-17-7-10/h3-8,13,15H,1-2H3. The van der Waals surface area contributed by atoms with Crippen LogP contribution in [0.1, 0.15) is 22.7 Å². The molecule has 0 saturated carbocycles. The van der Waals surface area contributed by atoms with E-state index in [4.69, 9.17) is 11.6 Å². The van der Waals surface area contributed by atoms with Crippen LogP contribution in [-0.4, -0.2) is 17.0 Å². The number of aromatic nitrogens is 2. The van der Waals surface area contributed by atoms with Crippen LogP contribution < -0.4 is 5.32 Å². The molecule has 1 N–H and O–H groups in total. The highest BCUT2D eigenvalue weighted by molar-refractivity contribution is 6.30. The van der Waals surface area contributed by atoms with Gasteiger partial charge in [0.15, 0.2) is 0 Å². The van der Waals surface area contributed by atoms with Crippen LogP contribution in [0.3, 0.4) is 0 Å². The lowest BCUT2D eigenvalue weighted by atomic mass is 9.97. The number of hydrogen-bond donors (Lipinski definition) is 1. The Morgan fingerprint density at radius 1 is 1.24 bits per heavy atom. The van der Waals surface area contributed by atoms with Gasteiger partial charge in [0.1, 0.15) is 6.33 Å². The molecule has 1 unspecified atom stereocenters. The largest absolute Gasteiger partial charge is 0.309 e. The molecule has 4 heteroatoms. The van der Waals surface area contributed by atoms with Crippen LogP contribution in [0.4, 0.5) is 0 Å². The van der Waals surface area contributed by atoms with Gasteiger partial charge in [-0.1, -0.05) is 17.7 Å². The van der Waals surface area contributed by atoms with Crippen molar-refractivity contribution in [1.29, 1.82) is 0 Å². The summed E-state index contributed by atoms with van der Waals surface area (Å²) in [5.74, 6) is 0. The number of halogens is 1. The smallest absolute Gasteiger partial charge is 0.115 e. The van der Waals surface area contributed by atoms with E-state index in [1.54, 1.807) is 0 Å². The van der Waals surface area contributed by atoms with E-state index < -0.39 is 0 Å². The predicted octanol–water partition coefficient (Wildman–Crippen LogP) is 2.75. The van der Waals surface area contributed by atoms with Crippen LogP contribution >= 0.6 is 11.6 Å². The first-order valence-electron chi connectivity index (χ1n) is 5.40. The third-order valence-corrected chi connectivity index (χ3v) is 2.99. The average molecular weight is 248 g/mol. The fraction of sp³-hybridized carbons (Fsp3) is 0.231. The summed E-state index contributed by atoms with van der Waals surface area (Å²) in [7, 11) is 1.91. The lowest BCUT2D eigenvalue weighted by Gasteiger charge is -2.18. The molecule has 3 nitrogen and oxygen atoms in total. The SMILES string of the molecule is CNC(c1cncnc1)c1cc(Cl)ccc1C. The molecule has 17 heavy (non-hydrogen) atoms. The fourth-order valence-electron chi connectivity index (χ4n) is 1.88. The number of benzene rings is 1. The minimum Gasteiger partial charge on any atom is -0.309 e. The molecule has 0 spiro atoms. The Kier molecular flexibility index (Phi) is 3.71. The van der Waals surface area contributed by atoms with Gasteiger partial charge in [0, 0.05) is 23.0 Å². The van der Waals surface area contributed by atoms with E-state index in [2.05, 4.69) is 22.2 Å². The molecule has 0 aliphatic rings. The van der Waals surface area contributed by atoms with Gasteiger partial charge >= 0.3 is 0 Å². The Hall–Kier alpha value is -1.45. The molecule has 2 aromatic rings. The molecular formula is C13H14ClN3. The van der Waals surface area contributed by atoms with Crippen molar-refractivity contribution in [1.82, 2.24) is 15.3 Å². The average Bonchev–Trinajstić information content (AvgIpc) is 2.36. The first kappa shape index (κ1) is 12.0. The van der Waals surface area contributed by atoms with Crippen LogP contribution in [0, 0.1) is 6.92 Å². The molecule has 88 valence electrons. The second-order valence-corrected chi connectivity index (χ2v) is 4.33. The number of rotatable bonds is 3. The van der Waals surface area contributed by atoms with Crippen molar-refractivity contribution < 1.29 is 0 Å². The Bertz CT molecular complexity index is 499. The van der Waals surface area contributed by atoms with Crippen molar-refractivity contribution in [3.63, 3.8) is 0 Å². The molecule has 0 radical (unpaired) electrons. The predicted molar refractivity (Wildman–Crippen MR) is 69.1 cm³/mol. The van der Waals surface area contributed by atoms with Gasteiger partial charge in [-0.05, 0) is 37.2 Å². The number of hydrogen-bond acceptors (Lipinski definition) is 3. The molecule has 1 heterocycles. The Balaban J connectivity index is 2.46. The summed E-state index contributed by atoms with van der Waals surface area (Å²) in [5.41, 5.74) is 3.37. The summed E-state index contributed by atoms with van der Waals surface area (Å²) < 4.78 is 0. The highest BCUT2D eigenvalue weighted by Gasteiger charge is 2.14. The van der Waals surface area contributed by atoms with Crippen molar-refractivity contribution in [3.05, 3.63) is 58.6 Å². The minimum atomic E-state index is 0.0647. The minimum absolute atomic E-state index is 0.0647. The lowest BCUT2D eigenvalue weighted by molar-refractivity contribution is 0.680. The summed E-state index contributed by atoms with van der Waals surface area (Å²) >= 11 is 6.05. The molecule has 0 aliphatic heterocycles. The van der Waals surface area contributed by atoms with Crippen molar-refractivity contribution in [3.8, 4) is 0 Å². The van der Waals surface area contributed by atoms with Crippen molar-refractivity contribution in [2.75, 3.05) is 7.05 Å². The molecule has 1 aromatic heterocycles. The van der Waals surface area contributed by atoms with Gasteiger partial charge in [-0.2, -0.15) is 0 Å². The number of nitrogens with zero attached hydrogens (tertiary/aromatic N) is 2. The summed E-state index contributed by atoms with van der Waals surface area (Å²) in [6, 6.07) is 5.96. The van der Waals surface area contributed by atoms with Crippen LogP contribution in [0.15, 0.2) is 36.9 Å². The molecule has 0 amide bonds. The van der Waals surface area contributed by atoms with Crippen LogP contribution in [0.2, 0.25) is 5.02 Å². The van der Waals surface area contributed by atoms with Crippen LogP contribution in [0.25, 0.3) is 0 Å². The molecule has 0 fully saturated rings. The summed E-state index contributed by atoms with van der Waals surface area (Å²) in [5, 5.41) is 4.00. The van der Waals surface area contributed by atoms with Gasteiger partial charge in [-0.25, -0.2) is 9.97 Å². The molecule has 0 aliphatic carbocycles. The zero-order valence-corrected chi connectivity index (χ0v) is 10.6. The first-order valence-corrected chi connectivity index (χ1v) is 5.78. The fourth-order valence-corrected chi connectivity index (χ4v) is 2.06. The third kappa shape index (κ3) is 2.62. The van der Waals surface area contributed by atoms with Gasteiger partial charge < -0.3 is 5.32 Å². The molecule has 0 saturated heterocycles. The van der Waals surface area contributed by atoms with Gasteiger partial charge in [0.05, 0.1) is 6.04 Å². The highest BCUT2D eigenvalue weighted by Crippen LogP contribution is 2.26. The van der Waals surface area contributed by atoms with Gasteiger partial charge in [-0.3, -0.25) is 0 Å². The Morgan fingerprint density at radius 3 is 2.59 bits per heavy atom. The summed E-state index contributed by atoms with van der Waals surface area (Å²) in [6.07, 6.45) is 5.16. The second-order valence-electron chi connectivity index (χ2n) is 3.89. The van der Waals surface area contributed by atoms with Crippen molar-refractivity contribution in [2.45, 2.75) is 13.0 Å². The maximum atomic E-state index is 6.05. The number of nitrogens with one attached hydrogen (secondary N) is 1. The third-order valence-electron chi connectivity index (χ3n) is 2.75. The van der Waals surface area contributed by atoms with Crippen molar-refractivity contribution >= 4 is 11.6 Å². The zero-order valence-electron chi connectivity index (χ0n) is 9.81. The van der Waals surface area contributed by atoms with E-state index in [0.29, 0.717) is 0 Å². The van der Waals surface area contributed by atoms with Gasteiger partial charge in [-0.15, -0.1) is 0 Å². The maximum absolute atomic E-state index is 6.05. The van der Waals surface area contributed by atoms with Crippen LogP contribution in [-0.2, 0) is 0 Å². The molecule has 1 aromatic carbocycles. The van der Waals surface area contributed by atoms with Gasteiger partial charge in [0.2, 0.25) is 0 Å². The summed E-state index contributed by atoms with van der Waals surface area (Å²) in [6.45, 7) is 2.07. The quantitative estimate of drug-likeness (QED) is 0.906. The van der Waals surface area contributed by atoms with Crippen LogP contribution in [0.5, 0.6) is 0 Å². The van der Waals surface area contributed by atoms with E-state index in [9.17, 15) is 0 Å². The van der Waals surface area contributed by atoms with Gasteiger partial charge in [0.25, 0.3) is 0 Å². The Labute approximate surface area is 106 Å². The molecule has 2 rings (SSSR count). The Morgan fingerprint density at radius 2 is 1.94 bits per heavy atom. The zero-order chi connectivity index (χ0) is 12.3. The van der Waals surface area contributed by atoms with E-state index in [1.165, 1.54) is 11.9 Å². The monoisotopic (exact) mass is 247 g/mol. The van der Waals surface area contributed by atoms with E-state index >= 15 is 0 Å². The molecule has 1 atom stereocenters. The summed E-state index contributed by atoms with van der Waals surface area (Å²) in [4.78, 5) is 8.09. The number of aryl methyl sites for hydroxylation is 1. The first-order chi connectivity index (χ1) is 8.22. The second kappa shape index (κ2) is 5.25. The van der Waals surface area contributed by atoms with E-state index in [0.717, 1.165) is 16.1 Å². The lowest BCUT2D eigenvalue weighted by Crippen LogP contribution is -2.19. The van der Waals surface area contributed by atoms with E-state index in [-0.39, 0.29) is 6.04 Å². The molecular weight excluding hydrogens is 234 g/mol. The molecule has 0 bridgehead atoms. The van der Waals surface area contributed by atoms with Crippen molar-refractivity contribution in [2.24, 2.45) is 0 Å². The highest BCUT2D eigenvalue weighted by atomic mass is 35.5. The normalized spacial score (nSPS) is 12.4. The maximum Gasteiger partial charge on any atom is 0.115 e. The topological polar surface area (TPSA) is 37.8 Å². The van der Waals surface area contributed by atoms with E-state index in [1.807, 2.05) is 37.6 Å².